The highest BCUT2D eigenvalue weighted by atomic mass is 79.9. The molecule has 0 amide bonds. The summed E-state index contributed by atoms with van der Waals surface area (Å²) in [6.45, 7) is 5.74. The Labute approximate surface area is 128 Å². The Morgan fingerprint density at radius 1 is 1.10 bits per heavy atom. The van der Waals surface area contributed by atoms with Crippen molar-refractivity contribution in [2.45, 2.75) is 32.5 Å². The van der Waals surface area contributed by atoms with E-state index < -0.39 is 5.60 Å². The molecule has 1 N–H and O–H groups in total. The highest BCUT2D eigenvalue weighted by molar-refractivity contribution is 9.10. The summed E-state index contributed by atoms with van der Waals surface area (Å²) in [7, 11) is 0. The maximum absolute atomic E-state index is 11.0. The predicted molar refractivity (Wildman–Crippen MR) is 85.0 cm³/mol. The van der Waals surface area contributed by atoms with Gasteiger partial charge >= 0.3 is 0 Å². The van der Waals surface area contributed by atoms with E-state index in [-0.39, 0.29) is 6.10 Å². The summed E-state index contributed by atoms with van der Waals surface area (Å²) >= 11 is 3.44. The van der Waals surface area contributed by atoms with Gasteiger partial charge in [0.1, 0.15) is 11.4 Å². The molecule has 20 heavy (non-hydrogen) atoms. The Morgan fingerprint density at radius 3 is 2.45 bits per heavy atom. The lowest BCUT2D eigenvalue weighted by atomic mass is 9.87. The number of ether oxygens (including phenoxy) is 1. The molecule has 3 heteroatoms. The maximum atomic E-state index is 11.0. The third-order valence-electron chi connectivity index (χ3n) is 3.16. The van der Waals surface area contributed by atoms with Gasteiger partial charge in [0.2, 0.25) is 0 Å². The molecule has 0 saturated carbocycles. The molecule has 0 aromatic heterocycles. The van der Waals surface area contributed by atoms with E-state index in [0.717, 1.165) is 15.6 Å². The van der Waals surface area contributed by atoms with Crippen LogP contribution in [0.3, 0.4) is 0 Å². The zero-order valence-corrected chi connectivity index (χ0v) is 13.5. The normalized spacial score (nSPS) is 14.1. The van der Waals surface area contributed by atoms with Crippen molar-refractivity contribution in [3.63, 3.8) is 0 Å². The summed E-state index contributed by atoms with van der Waals surface area (Å²) in [4.78, 5) is 0. The minimum Gasteiger partial charge on any atom is -0.491 e. The SMILES string of the molecule is CC(C)Oc1ccccc1C(C)(O)c1cccc(Br)c1. The molecule has 2 rings (SSSR count). The van der Waals surface area contributed by atoms with E-state index >= 15 is 0 Å². The molecule has 0 heterocycles. The van der Waals surface area contributed by atoms with Crippen molar-refractivity contribution in [3.8, 4) is 5.75 Å². The van der Waals surface area contributed by atoms with Crippen molar-refractivity contribution < 1.29 is 9.84 Å². The Bertz CT molecular complexity index is 591. The topological polar surface area (TPSA) is 29.5 Å². The number of benzene rings is 2. The summed E-state index contributed by atoms with van der Waals surface area (Å²) in [5.74, 6) is 0.715. The average Bonchev–Trinajstić information content (AvgIpc) is 2.38. The van der Waals surface area contributed by atoms with E-state index in [9.17, 15) is 5.11 Å². The number of hydrogen-bond acceptors (Lipinski definition) is 2. The molecule has 1 unspecified atom stereocenters. The molecule has 0 aliphatic carbocycles. The van der Waals surface area contributed by atoms with Crippen molar-refractivity contribution in [2.75, 3.05) is 0 Å². The van der Waals surface area contributed by atoms with Gasteiger partial charge in [-0.05, 0) is 44.5 Å². The third-order valence-corrected chi connectivity index (χ3v) is 3.65. The molecule has 106 valence electrons. The van der Waals surface area contributed by atoms with Crippen LogP contribution in [-0.4, -0.2) is 11.2 Å². The van der Waals surface area contributed by atoms with E-state index in [0.29, 0.717) is 5.75 Å². The van der Waals surface area contributed by atoms with Gasteiger partial charge in [0.25, 0.3) is 0 Å². The fourth-order valence-electron chi connectivity index (χ4n) is 2.17. The van der Waals surface area contributed by atoms with Crippen molar-refractivity contribution in [2.24, 2.45) is 0 Å². The minimum absolute atomic E-state index is 0.0643. The lowest BCUT2D eigenvalue weighted by Crippen LogP contribution is -2.24. The molecule has 0 radical (unpaired) electrons. The van der Waals surface area contributed by atoms with E-state index in [4.69, 9.17) is 4.74 Å². The average molecular weight is 335 g/mol. The van der Waals surface area contributed by atoms with Crippen LogP contribution < -0.4 is 4.74 Å². The molecule has 0 spiro atoms. The molecule has 0 aliphatic heterocycles. The molecular formula is C17H19BrO2. The molecular weight excluding hydrogens is 316 g/mol. The van der Waals surface area contributed by atoms with Gasteiger partial charge in [0, 0.05) is 10.0 Å². The Hall–Kier alpha value is -1.32. The van der Waals surface area contributed by atoms with Gasteiger partial charge in [-0.3, -0.25) is 0 Å². The lowest BCUT2D eigenvalue weighted by molar-refractivity contribution is 0.0957. The number of aliphatic hydroxyl groups is 1. The molecule has 0 aliphatic rings. The Balaban J connectivity index is 2.48. The second-order valence-electron chi connectivity index (χ2n) is 5.25. The van der Waals surface area contributed by atoms with E-state index in [1.165, 1.54) is 0 Å². The van der Waals surface area contributed by atoms with Crippen LogP contribution in [0, 0.1) is 0 Å². The smallest absolute Gasteiger partial charge is 0.126 e. The van der Waals surface area contributed by atoms with E-state index in [1.807, 2.05) is 62.4 Å². The second-order valence-corrected chi connectivity index (χ2v) is 6.16. The molecule has 0 bridgehead atoms. The van der Waals surface area contributed by atoms with Gasteiger partial charge in [0.15, 0.2) is 0 Å². The van der Waals surface area contributed by atoms with Crippen molar-refractivity contribution >= 4 is 15.9 Å². The van der Waals surface area contributed by atoms with Crippen LogP contribution in [0.25, 0.3) is 0 Å². The third kappa shape index (κ3) is 3.22. The quantitative estimate of drug-likeness (QED) is 0.892. The van der Waals surface area contributed by atoms with Crippen LogP contribution in [0.15, 0.2) is 53.0 Å². The molecule has 2 aromatic carbocycles. The number of hydrogen-bond donors (Lipinski definition) is 1. The summed E-state index contributed by atoms with van der Waals surface area (Å²) in [6.07, 6.45) is 0.0643. The first-order valence-corrected chi connectivity index (χ1v) is 7.45. The van der Waals surface area contributed by atoms with Crippen LogP contribution in [0.1, 0.15) is 31.9 Å². The van der Waals surface area contributed by atoms with Crippen LogP contribution in [-0.2, 0) is 5.60 Å². The van der Waals surface area contributed by atoms with Gasteiger partial charge in [-0.25, -0.2) is 0 Å². The zero-order valence-electron chi connectivity index (χ0n) is 11.9. The van der Waals surface area contributed by atoms with Crippen LogP contribution >= 0.6 is 15.9 Å². The standard InChI is InChI=1S/C17H19BrO2/c1-12(2)20-16-10-5-4-9-15(16)17(3,19)13-7-6-8-14(18)11-13/h4-12,19H,1-3H3. The number of para-hydroxylation sites is 1. The van der Waals surface area contributed by atoms with E-state index in [1.54, 1.807) is 6.92 Å². The van der Waals surface area contributed by atoms with Gasteiger partial charge in [-0.15, -0.1) is 0 Å². The molecule has 0 saturated heterocycles. The molecule has 1 atom stereocenters. The first-order chi connectivity index (χ1) is 9.41. The van der Waals surface area contributed by atoms with Crippen molar-refractivity contribution in [3.05, 3.63) is 64.1 Å². The molecule has 2 nitrogen and oxygen atoms in total. The highest BCUT2D eigenvalue weighted by Crippen LogP contribution is 2.36. The van der Waals surface area contributed by atoms with Crippen molar-refractivity contribution in [1.29, 1.82) is 0 Å². The first-order valence-electron chi connectivity index (χ1n) is 6.66. The van der Waals surface area contributed by atoms with Crippen molar-refractivity contribution in [1.82, 2.24) is 0 Å². The monoisotopic (exact) mass is 334 g/mol. The maximum Gasteiger partial charge on any atom is 0.126 e. The summed E-state index contributed by atoms with van der Waals surface area (Å²) < 4.78 is 6.75. The molecule has 2 aromatic rings. The van der Waals surface area contributed by atoms with Crippen LogP contribution in [0.4, 0.5) is 0 Å². The van der Waals surface area contributed by atoms with Crippen LogP contribution in [0.2, 0.25) is 0 Å². The number of halogens is 1. The fourth-order valence-corrected chi connectivity index (χ4v) is 2.57. The summed E-state index contributed by atoms with van der Waals surface area (Å²) in [6, 6.07) is 15.3. The Kier molecular flexibility index (Phi) is 4.51. The second kappa shape index (κ2) is 5.98. The Morgan fingerprint density at radius 2 is 1.80 bits per heavy atom. The summed E-state index contributed by atoms with van der Waals surface area (Å²) in [5.41, 5.74) is 0.494. The summed E-state index contributed by atoms with van der Waals surface area (Å²) in [5, 5.41) is 11.0. The number of rotatable bonds is 4. The highest BCUT2D eigenvalue weighted by Gasteiger charge is 2.29. The van der Waals surface area contributed by atoms with Gasteiger partial charge in [-0.2, -0.15) is 0 Å². The largest absolute Gasteiger partial charge is 0.491 e. The molecule has 0 fully saturated rings. The fraction of sp³-hybridized carbons (Fsp3) is 0.294. The zero-order chi connectivity index (χ0) is 14.8. The van der Waals surface area contributed by atoms with Gasteiger partial charge < -0.3 is 9.84 Å². The predicted octanol–water partition coefficient (Wildman–Crippen LogP) is 4.49. The minimum atomic E-state index is -1.10. The van der Waals surface area contributed by atoms with Gasteiger partial charge in [-0.1, -0.05) is 46.3 Å². The van der Waals surface area contributed by atoms with Gasteiger partial charge in [0.05, 0.1) is 6.10 Å². The van der Waals surface area contributed by atoms with E-state index in [2.05, 4.69) is 15.9 Å². The lowest BCUT2D eigenvalue weighted by Gasteiger charge is -2.27. The van der Waals surface area contributed by atoms with Crippen LogP contribution in [0.5, 0.6) is 5.75 Å². The first kappa shape index (κ1) is 15.1.